The van der Waals surface area contributed by atoms with Crippen molar-refractivity contribution >= 4 is 27.8 Å². The zero-order valence-corrected chi connectivity index (χ0v) is 11.9. The van der Waals surface area contributed by atoms with E-state index < -0.39 is 21.8 Å². The van der Waals surface area contributed by atoms with Gasteiger partial charge >= 0.3 is 5.97 Å². The van der Waals surface area contributed by atoms with Crippen molar-refractivity contribution in [3.63, 3.8) is 0 Å². The number of sulfonamides is 1. The van der Waals surface area contributed by atoms with E-state index in [0.717, 1.165) is 12.1 Å². The van der Waals surface area contributed by atoms with E-state index in [0.29, 0.717) is 5.56 Å². The normalized spacial score (nSPS) is 12.0. The van der Waals surface area contributed by atoms with Gasteiger partial charge < -0.3 is 5.11 Å². The van der Waals surface area contributed by atoms with Crippen LogP contribution in [0.15, 0.2) is 24.3 Å². The van der Waals surface area contributed by atoms with Crippen LogP contribution in [-0.4, -0.2) is 25.2 Å². The fraction of sp³-hybridized carbons (Fsp3) is 0.308. The first kappa shape index (κ1) is 16.2. The van der Waals surface area contributed by atoms with Crippen molar-refractivity contribution in [1.82, 2.24) is 0 Å². The highest BCUT2D eigenvalue weighted by Crippen LogP contribution is 2.18. The Bertz CT molecular complexity index is 623. The number of nitrogens with one attached hydrogen (secondary N) is 1. The molecule has 0 amide bonds. The quantitative estimate of drug-likeness (QED) is 0.790. The molecular weight excluding hydrogens is 285 g/mol. The van der Waals surface area contributed by atoms with Crippen molar-refractivity contribution in [2.75, 3.05) is 10.5 Å². The van der Waals surface area contributed by atoms with Crippen molar-refractivity contribution in [3.8, 4) is 0 Å². The largest absolute Gasteiger partial charge is 0.478 e. The van der Waals surface area contributed by atoms with Gasteiger partial charge in [0.15, 0.2) is 0 Å². The first-order chi connectivity index (χ1) is 9.19. The number of benzene rings is 1. The van der Waals surface area contributed by atoms with E-state index in [1.165, 1.54) is 18.2 Å². The second kappa shape index (κ2) is 6.51. The summed E-state index contributed by atoms with van der Waals surface area (Å²) in [7, 11) is -3.60. The Morgan fingerprint density at radius 1 is 1.45 bits per heavy atom. The van der Waals surface area contributed by atoms with Crippen LogP contribution in [0, 0.1) is 11.7 Å². The van der Waals surface area contributed by atoms with E-state index in [-0.39, 0.29) is 17.4 Å². The topological polar surface area (TPSA) is 83.5 Å². The monoisotopic (exact) mass is 301 g/mol. The van der Waals surface area contributed by atoms with Crippen molar-refractivity contribution in [2.45, 2.75) is 13.8 Å². The molecule has 5 nitrogen and oxygen atoms in total. The number of carboxylic acids is 1. The molecule has 0 aromatic heterocycles. The summed E-state index contributed by atoms with van der Waals surface area (Å²) < 4.78 is 39.3. The molecule has 0 atom stereocenters. The van der Waals surface area contributed by atoms with Gasteiger partial charge in [-0.3, -0.25) is 4.72 Å². The fourth-order valence-corrected chi connectivity index (χ4v) is 2.99. The average molecular weight is 301 g/mol. The van der Waals surface area contributed by atoms with Crippen molar-refractivity contribution < 1.29 is 22.7 Å². The fourth-order valence-electron chi connectivity index (χ4n) is 1.53. The Hall–Kier alpha value is -1.89. The highest BCUT2D eigenvalue weighted by Gasteiger charge is 2.15. The van der Waals surface area contributed by atoms with Crippen molar-refractivity contribution in [2.24, 2.45) is 5.92 Å². The minimum Gasteiger partial charge on any atom is -0.478 e. The number of aliphatic carboxylic acids is 1. The summed E-state index contributed by atoms with van der Waals surface area (Å²) in [5.74, 6) is -2.09. The van der Waals surface area contributed by atoms with Gasteiger partial charge in [-0.25, -0.2) is 17.6 Å². The molecule has 0 bridgehead atoms. The lowest BCUT2D eigenvalue weighted by Crippen LogP contribution is -2.20. The molecule has 1 rings (SSSR count). The molecule has 0 radical (unpaired) electrons. The van der Waals surface area contributed by atoms with Gasteiger partial charge in [-0.05, 0) is 29.7 Å². The Kier molecular flexibility index (Phi) is 5.26. The first-order valence-corrected chi connectivity index (χ1v) is 7.56. The van der Waals surface area contributed by atoms with Crippen LogP contribution in [0.4, 0.5) is 10.1 Å². The van der Waals surface area contributed by atoms with Crippen LogP contribution in [0.5, 0.6) is 0 Å². The van der Waals surface area contributed by atoms with Crippen LogP contribution >= 0.6 is 0 Å². The van der Waals surface area contributed by atoms with Gasteiger partial charge in [0.05, 0.1) is 11.4 Å². The number of anilines is 1. The standard InChI is InChI=1S/C13H16FNO4S/c1-9(2)8-20(18,19)15-12-5-3-10(7-11(12)14)4-6-13(16)17/h3-7,9,15H,8H2,1-2H3,(H,16,17). The number of halogens is 1. The van der Waals surface area contributed by atoms with Crippen LogP contribution in [0.1, 0.15) is 19.4 Å². The summed E-state index contributed by atoms with van der Waals surface area (Å²) >= 11 is 0. The molecule has 7 heteroatoms. The van der Waals surface area contributed by atoms with Crippen molar-refractivity contribution in [3.05, 3.63) is 35.7 Å². The SMILES string of the molecule is CC(C)CS(=O)(=O)Nc1ccc(C=CC(=O)O)cc1F. The Morgan fingerprint density at radius 2 is 2.10 bits per heavy atom. The molecular formula is C13H16FNO4S. The second-order valence-electron chi connectivity index (χ2n) is 4.69. The van der Waals surface area contributed by atoms with Gasteiger partial charge in [-0.15, -0.1) is 0 Å². The van der Waals surface area contributed by atoms with Crippen LogP contribution in [0.25, 0.3) is 6.08 Å². The van der Waals surface area contributed by atoms with E-state index in [2.05, 4.69) is 4.72 Å². The third-order valence-corrected chi connectivity index (χ3v) is 3.87. The molecule has 0 heterocycles. The van der Waals surface area contributed by atoms with Gasteiger partial charge in [0.1, 0.15) is 5.82 Å². The molecule has 0 aliphatic heterocycles. The van der Waals surface area contributed by atoms with Crippen LogP contribution < -0.4 is 4.72 Å². The molecule has 1 aromatic rings. The van der Waals surface area contributed by atoms with E-state index in [9.17, 15) is 17.6 Å². The predicted octanol–water partition coefficient (Wildman–Crippen LogP) is 2.32. The third kappa shape index (κ3) is 5.40. The maximum absolute atomic E-state index is 13.7. The first-order valence-electron chi connectivity index (χ1n) is 5.90. The zero-order valence-electron chi connectivity index (χ0n) is 11.1. The van der Waals surface area contributed by atoms with E-state index in [4.69, 9.17) is 5.11 Å². The summed E-state index contributed by atoms with van der Waals surface area (Å²) in [6.07, 6.45) is 2.09. The van der Waals surface area contributed by atoms with Gasteiger partial charge in [-0.2, -0.15) is 0 Å². The molecule has 20 heavy (non-hydrogen) atoms. The van der Waals surface area contributed by atoms with E-state index >= 15 is 0 Å². The minimum atomic E-state index is -3.60. The lowest BCUT2D eigenvalue weighted by Gasteiger charge is -2.10. The average Bonchev–Trinajstić information content (AvgIpc) is 2.27. The lowest BCUT2D eigenvalue weighted by atomic mass is 10.2. The molecule has 110 valence electrons. The Balaban J connectivity index is 2.91. The van der Waals surface area contributed by atoms with Gasteiger partial charge in [0.2, 0.25) is 10.0 Å². The molecule has 0 spiro atoms. The Morgan fingerprint density at radius 3 is 2.60 bits per heavy atom. The summed E-state index contributed by atoms with van der Waals surface area (Å²) in [6, 6.07) is 3.75. The molecule has 0 fully saturated rings. The predicted molar refractivity (Wildman–Crippen MR) is 75.3 cm³/mol. The van der Waals surface area contributed by atoms with E-state index in [1.807, 2.05) is 0 Å². The molecule has 1 aromatic carbocycles. The lowest BCUT2D eigenvalue weighted by molar-refractivity contribution is -0.131. The van der Waals surface area contributed by atoms with Crippen molar-refractivity contribution in [1.29, 1.82) is 0 Å². The molecule has 2 N–H and O–H groups in total. The summed E-state index contributed by atoms with van der Waals surface area (Å²) in [5.41, 5.74) is 0.176. The maximum atomic E-state index is 13.7. The van der Waals surface area contributed by atoms with Gasteiger partial charge in [0, 0.05) is 6.08 Å². The minimum absolute atomic E-state index is 0.0756. The summed E-state index contributed by atoms with van der Waals surface area (Å²) in [5, 5.41) is 8.46. The summed E-state index contributed by atoms with van der Waals surface area (Å²) in [4.78, 5) is 10.3. The van der Waals surface area contributed by atoms with Crippen LogP contribution in [0.3, 0.4) is 0 Å². The maximum Gasteiger partial charge on any atom is 0.328 e. The highest BCUT2D eigenvalue weighted by molar-refractivity contribution is 7.92. The highest BCUT2D eigenvalue weighted by atomic mass is 32.2. The molecule has 0 saturated carbocycles. The number of rotatable bonds is 6. The number of carbonyl (C=O) groups is 1. The van der Waals surface area contributed by atoms with Gasteiger partial charge in [0.25, 0.3) is 0 Å². The van der Waals surface area contributed by atoms with Crippen LogP contribution in [0.2, 0.25) is 0 Å². The molecule has 0 saturated heterocycles. The van der Waals surface area contributed by atoms with Gasteiger partial charge in [-0.1, -0.05) is 19.9 Å². The third-order valence-electron chi connectivity index (χ3n) is 2.23. The number of carboxylic acid groups (broad SMARTS) is 1. The number of hydrogen-bond acceptors (Lipinski definition) is 3. The molecule has 0 aliphatic carbocycles. The van der Waals surface area contributed by atoms with Crippen LogP contribution in [-0.2, 0) is 14.8 Å². The molecule has 0 unspecified atom stereocenters. The smallest absolute Gasteiger partial charge is 0.328 e. The number of hydrogen-bond donors (Lipinski definition) is 2. The molecule has 0 aliphatic rings. The van der Waals surface area contributed by atoms with E-state index in [1.54, 1.807) is 13.8 Å². The summed E-state index contributed by atoms with van der Waals surface area (Å²) in [6.45, 7) is 3.49. The zero-order chi connectivity index (χ0) is 15.3. The Labute approximate surface area is 117 Å². The second-order valence-corrected chi connectivity index (χ2v) is 6.46.